The van der Waals surface area contributed by atoms with Crippen LogP contribution in [0.4, 0.5) is 4.39 Å². The van der Waals surface area contributed by atoms with Crippen molar-refractivity contribution in [3.63, 3.8) is 0 Å². The lowest BCUT2D eigenvalue weighted by atomic mass is 10.1. The van der Waals surface area contributed by atoms with Crippen LogP contribution < -0.4 is 21.1 Å². The van der Waals surface area contributed by atoms with Crippen molar-refractivity contribution in [2.45, 2.75) is 32.7 Å². The molecule has 0 aliphatic carbocycles. The largest absolute Gasteiger partial charge is 0.455 e. The van der Waals surface area contributed by atoms with Crippen molar-refractivity contribution in [1.82, 2.24) is 15.6 Å². The van der Waals surface area contributed by atoms with Crippen LogP contribution in [0.5, 0.6) is 11.5 Å². The molecule has 2 aromatic carbocycles. The highest BCUT2D eigenvalue weighted by molar-refractivity contribution is 6.32. The molecule has 1 aromatic heterocycles. The average Bonchev–Trinajstić information content (AvgIpc) is 2.83. The van der Waals surface area contributed by atoms with Gasteiger partial charge in [0.15, 0.2) is 0 Å². The number of nitrogens with two attached hydrogens (primary N) is 1. The molecule has 0 fully saturated rings. The third-order valence-electron chi connectivity index (χ3n) is 4.92. The first-order valence-corrected chi connectivity index (χ1v) is 11.4. The zero-order valence-electron chi connectivity index (χ0n) is 20.4. The minimum atomic E-state index is -0.671. The van der Waals surface area contributed by atoms with Gasteiger partial charge in [0.1, 0.15) is 17.3 Å². The summed E-state index contributed by atoms with van der Waals surface area (Å²) in [5.41, 5.74) is 6.59. The van der Waals surface area contributed by atoms with Gasteiger partial charge in [-0.1, -0.05) is 11.6 Å². The summed E-state index contributed by atoms with van der Waals surface area (Å²) in [6.45, 7) is 5.70. The maximum atomic E-state index is 14.9. The highest BCUT2D eigenvalue weighted by atomic mass is 35.5. The fourth-order valence-corrected chi connectivity index (χ4v) is 3.38. The Kier molecular flexibility index (Phi) is 8.26. The first kappa shape index (κ1) is 26.6. The quantitative estimate of drug-likeness (QED) is 0.403. The Morgan fingerprint density at radius 3 is 2.61 bits per heavy atom. The second-order valence-electron chi connectivity index (χ2n) is 8.87. The molecular formula is C26H27ClFN5O3. The van der Waals surface area contributed by atoms with Crippen molar-refractivity contribution >= 4 is 40.5 Å². The number of amides is 2. The molecule has 0 unspecified atom stereocenters. The van der Waals surface area contributed by atoms with Crippen molar-refractivity contribution in [3.8, 4) is 11.5 Å². The molecule has 2 amide bonds. The fraction of sp³-hybridized carbons (Fsp3) is 0.231. The number of rotatable bonds is 7. The number of pyridine rings is 1. The van der Waals surface area contributed by atoms with Crippen molar-refractivity contribution in [2.75, 3.05) is 7.05 Å². The number of carbonyl (C=O) groups is 2. The summed E-state index contributed by atoms with van der Waals surface area (Å²) >= 11 is 6.37. The molecule has 36 heavy (non-hydrogen) atoms. The van der Waals surface area contributed by atoms with E-state index in [2.05, 4.69) is 20.6 Å². The van der Waals surface area contributed by atoms with Crippen LogP contribution in [0.2, 0.25) is 5.02 Å². The van der Waals surface area contributed by atoms with Gasteiger partial charge in [-0.2, -0.15) is 0 Å². The number of fused-ring (bicyclic) bond motifs is 1. The molecule has 10 heteroatoms. The molecular weight excluding hydrogens is 485 g/mol. The molecule has 0 radical (unpaired) electrons. The third kappa shape index (κ3) is 6.79. The number of aliphatic imine (C=N–C) groups is 1. The van der Waals surface area contributed by atoms with Gasteiger partial charge in [-0.15, -0.1) is 0 Å². The molecule has 0 atom stereocenters. The van der Waals surface area contributed by atoms with Crippen molar-refractivity contribution in [1.29, 1.82) is 0 Å². The number of hydrogen-bond donors (Lipinski definition) is 3. The van der Waals surface area contributed by atoms with E-state index in [9.17, 15) is 14.0 Å². The van der Waals surface area contributed by atoms with Gasteiger partial charge in [0.05, 0.1) is 28.2 Å². The van der Waals surface area contributed by atoms with E-state index in [1.807, 2.05) is 20.8 Å². The molecule has 3 aromatic rings. The van der Waals surface area contributed by atoms with Crippen LogP contribution in [0.25, 0.3) is 10.9 Å². The van der Waals surface area contributed by atoms with E-state index in [1.165, 1.54) is 31.7 Å². The Hall–Kier alpha value is -3.98. The molecule has 3 rings (SSSR count). The summed E-state index contributed by atoms with van der Waals surface area (Å²) in [4.78, 5) is 33.0. The van der Waals surface area contributed by atoms with Gasteiger partial charge < -0.3 is 21.1 Å². The van der Waals surface area contributed by atoms with E-state index < -0.39 is 11.7 Å². The Morgan fingerprint density at radius 2 is 1.94 bits per heavy atom. The minimum Gasteiger partial charge on any atom is -0.455 e. The van der Waals surface area contributed by atoms with Crippen molar-refractivity contribution in [2.24, 2.45) is 10.7 Å². The van der Waals surface area contributed by atoms with Crippen LogP contribution in [0, 0.1) is 5.82 Å². The summed E-state index contributed by atoms with van der Waals surface area (Å²) in [7, 11) is 1.53. The molecule has 0 saturated heterocycles. The summed E-state index contributed by atoms with van der Waals surface area (Å²) < 4.78 is 20.8. The van der Waals surface area contributed by atoms with E-state index in [0.717, 1.165) is 6.07 Å². The first-order valence-electron chi connectivity index (χ1n) is 11.0. The summed E-state index contributed by atoms with van der Waals surface area (Å²) in [6, 6.07) is 8.99. The van der Waals surface area contributed by atoms with E-state index in [0.29, 0.717) is 27.9 Å². The molecule has 1 heterocycles. The van der Waals surface area contributed by atoms with Crippen LogP contribution in [0.3, 0.4) is 0 Å². The number of aromatic nitrogens is 1. The first-order chi connectivity index (χ1) is 17.0. The van der Waals surface area contributed by atoms with Gasteiger partial charge in [0.2, 0.25) is 5.91 Å². The smallest absolute Gasteiger partial charge is 0.251 e. The Balaban J connectivity index is 1.81. The Morgan fingerprint density at radius 1 is 1.19 bits per heavy atom. The molecule has 8 nitrogen and oxygen atoms in total. The predicted molar refractivity (Wildman–Crippen MR) is 139 cm³/mol. The van der Waals surface area contributed by atoms with Gasteiger partial charge in [0, 0.05) is 42.7 Å². The van der Waals surface area contributed by atoms with Gasteiger partial charge >= 0.3 is 0 Å². The number of nitrogens with zero attached hydrogens (tertiary/aromatic N) is 2. The highest BCUT2D eigenvalue weighted by Crippen LogP contribution is 2.35. The minimum absolute atomic E-state index is 0.0519. The standard InChI is InChI=1S/C26H27ClFN5O3/c1-26(2,3)32-14-17(13-29)33-24(34)11-16-10-19(27)23(12-20(16)28)36-22-7-8-31-21-6-5-15(9-18(21)22)25(35)30-4/h5-10,12-14H,11,29H2,1-4H3,(H,30,35)(H,33,34)/b17-13+,32-14?. The third-order valence-corrected chi connectivity index (χ3v) is 5.21. The lowest BCUT2D eigenvalue weighted by molar-refractivity contribution is -0.119. The SMILES string of the molecule is CNC(=O)c1ccc2nccc(Oc3cc(F)c(CC(=O)N/C(C=NC(C)(C)C)=C/N)cc3Cl)c2c1. The topological polar surface area (TPSA) is 119 Å². The molecule has 0 bridgehead atoms. The number of benzene rings is 2. The Labute approximate surface area is 213 Å². The van der Waals surface area contributed by atoms with Gasteiger partial charge in [-0.3, -0.25) is 19.6 Å². The molecule has 188 valence electrons. The van der Waals surface area contributed by atoms with Gasteiger partial charge in [-0.25, -0.2) is 4.39 Å². The number of halogens is 2. The van der Waals surface area contributed by atoms with Gasteiger partial charge in [0.25, 0.3) is 5.91 Å². The van der Waals surface area contributed by atoms with Crippen molar-refractivity contribution in [3.05, 3.63) is 76.5 Å². The van der Waals surface area contributed by atoms with E-state index in [1.54, 1.807) is 24.3 Å². The number of carbonyl (C=O) groups excluding carboxylic acids is 2. The fourth-order valence-electron chi connectivity index (χ4n) is 3.16. The van der Waals surface area contributed by atoms with E-state index in [-0.39, 0.29) is 34.2 Å². The Bertz CT molecular complexity index is 1370. The normalized spacial score (nSPS) is 12.1. The van der Waals surface area contributed by atoms with Crippen molar-refractivity contribution < 1.29 is 18.7 Å². The maximum Gasteiger partial charge on any atom is 0.251 e. The van der Waals surface area contributed by atoms with Crippen LogP contribution in [0.1, 0.15) is 36.7 Å². The zero-order chi connectivity index (χ0) is 26.5. The molecule has 0 aliphatic rings. The molecule has 4 N–H and O–H groups in total. The van der Waals surface area contributed by atoms with E-state index >= 15 is 0 Å². The monoisotopic (exact) mass is 511 g/mol. The number of nitrogens with one attached hydrogen (secondary N) is 2. The summed E-state index contributed by atoms with van der Waals surface area (Å²) in [5, 5.41) is 5.82. The zero-order valence-corrected chi connectivity index (χ0v) is 21.1. The second-order valence-corrected chi connectivity index (χ2v) is 9.28. The highest BCUT2D eigenvalue weighted by Gasteiger charge is 2.16. The summed E-state index contributed by atoms with van der Waals surface area (Å²) in [6.07, 6.45) is 3.92. The number of ether oxygens (including phenoxy) is 1. The molecule has 0 aliphatic heterocycles. The summed E-state index contributed by atoms with van der Waals surface area (Å²) in [5.74, 6) is -1.03. The maximum absolute atomic E-state index is 14.9. The lowest BCUT2D eigenvalue weighted by Crippen LogP contribution is -2.27. The van der Waals surface area contributed by atoms with Gasteiger partial charge in [-0.05, 0) is 56.7 Å². The predicted octanol–water partition coefficient (Wildman–Crippen LogP) is 4.51. The molecule has 0 saturated carbocycles. The van der Waals surface area contributed by atoms with E-state index in [4.69, 9.17) is 22.1 Å². The van der Waals surface area contributed by atoms with Crippen LogP contribution in [-0.2, 0) is 11.2 Å². The van der Waals surface area contributed by atoms with Crippen LogP contribution in [0.15, 0.2) is 59.5 Å². The average molecular weight is 512 g/mol. The van der Waals surface area contributed by atoms with Crippen LogP contribution in [-0.4, -0.2) is 35.6 Å². The number of allylic oxidation sites excluding steroid dienone is 1. The molecule has 0 spiro atoms. The van der Waals surface area contributed by atoms with Crippen LogP contribution >= 0.6 is 11.6 Å². The second kappa shape index (κ2) is 11.2. The number of hydrogen-bond acceptors (Lipinski definition) is 6. The lowest BCUT2D eigenvalue weighted by Gasteiger charge is -2.13.